The molecular weight excluding hydrogens is 268 g/mol. The Morgan fingerprint density at radius 3 is 2.67 bits per heavy atom. The Bertz CT molecular complexity index is 919. The zero-order valence-electron chi connectivity index (χ0n) is 11.7. The SMILES string of the molecule is Cc1cc(N)ccc1C(=O)c1ccc2c(c1)oc(=O)n2C. The molecule has 21 heavy (non-hydrogen) atoms. The van der Waals surface area contributed by atoms with Crippen LogP contribution in [0.2, 0.25) is 0 Å². The van der Waals surface area contributed by atoms with Crippen molar-refractivity contribution < 1.29 is 9.21 Å². The van der Waals surface area contributed by atoms with E-state index in [1.165, 1.54) is 4.57 Å². The molecule has 1 heterocycles. The van der Waals surface area contributed by atoms with Crippen LogP contribution in [0.15, 0.2) is 45.6 Å². The number of rotatable bonds is 2. The van der Waals surface area contributed by atoms with Gasteiger partial charge in [-0.15, -0.1) is 0 Å². The Labute approximate surface area is 120 Å². The number of aryl methyl sites for hydroxylation is 2. The molecule has 1 aromatic heterocycles. The van der Waals surface area contributed by atoms with E-state index in [4.69, 9.17) is 10.2 Å². The van der Waals surface area contributed by atoms with Crippen LogP contribution in [0, 0.1) is 6.92 Å². The standard InChI is InChI=1S/C16H14N2O3/c1-9-7-11(17)4-5-12(9)15(19)10-3-6-13-14(8-10)21-16(20)18(13)2/h3-8H,17H2,1-2H3. The molecule has 0 bridgehead atoms. The number of hydrogen-bond acceptors (Lipinski definition) is 4. The fraction of sp³-hybridized carbons (Fsp3) is 0.125. The highest BCUT2D eigenvalue weighted by molar-refractivity contribution is 6.11. The minimum Gasteiger partial charge on any atom is -0.408 e. The molecule has 0 fully saturated rings. The van der Waals surface area contributed by atoms with E-state index in [1.807, 2.05) is 6.92 Å². The van der Waals surface area contributed by atoms with Crippen molar-refractivity contribution in [3.05, 3.63) is 63.6 Å². The van der Waals surface area contributed by atoms with Crippen LogP contribution in [0.4, 0.5) is 5.69 Å². The Balaban J connectivity index is 2.11. The molecule has 0 aliphatic carbocycles. The van der Waals surface area contributed by atoms with Gasteiger partial charge in [0.25, 0.3) is 0 Å². The number of ketones is 1. The van der Waals surface area contributed by atoms with E-state index in [0.717, 1.165) is 5.56 Å². The third-order valence-electron chi connectivity index (χ3n) is 3.55. The lowest BCUT2D eigenvalue weighted by Gasteiger charge is -2.06. The minimum absolute atomic E-state index is 0.124. The molecule has 0 aliphatic heterocycles. The van der Waals surface area contributed by atoms with Gasteiger partial charge in [0.1, 0.15) is 0 Å². The van der Waals surface area contributed by atoms with Gasteiger partial charge < -0.3 is 10.2 Å². The van der Waals surface area contributed by atoms with Crippen molar-refractivity contribution in [3.63, 3.8) is 0 Å². The number of benzene rings is 2. The Morgan fingerprint density at radius 2 is 1.95 bits per heavy atom. The van der Waals surface area contributed by atoms with Crippen LogP contribution >= 0.6 is 0 Å². The van der Waals surface area contributed by atoms with Gasteiger partial charge in [0, 0.05) is 23.9 Å². The number of nitrogens with zero attached hydrogens (tertiary/aromatic N) is 1. The van der Waals surface area contributed by atoms with E-state index in [2.05, 4.69) is 0 Å². The zero-order chi connectivity index (χ0) is 15.1. The largest absolute Gasteiger partial charge is 0.419 e. The van der Waals surface area contributed by atoms with Crippen molar-refractivity contribution >= 4 is 22.6 Å². The summed E-state index contributed by atoms with van der Waals surface area (Å²) in [5.74, 6) is -0.570. The molecule has 3 aromatic rings. The van der Waals surface area contributed by atoms with Gasteiger partial charge in [-0.3, -0.25) is 9.36 Å². The van der Waals surface area contributed by atoms with Crippen LogP contribution in [0.3, 0.4) is 0 Å². The van der Waals surface area contributed by atoms with Crippen molar-refractivity contribution in [1.29, 1.82) is 0 Å². The molecule has 0 saturated heterocycles. The maximum Gasteiger partial charge on any atom is 0.419 e. The van der Waals surface area contributed by atoms with E-state index in [-0.39, 0.29) is 5.78 Å². The summed E-state index contributed by atoms with van der Waals surface area (Å²) in [6, 6.07) is 10.2. The average molecular weight is 282 g/mol. The molecule has 106 valence electrons. The second kappa shape index (κ2) is 4.63. The van der Waals surface area contributed by atoms with Crippen molar-refractivity contribution in [2.45, 2.75) is 6.92 Å². The molecule has 0 spiro atoms. The van der Waals surface area contributed by atoms with Crippen LogP contribution in [0.25, 0.3) is 11.1 Å². The first-order valence-corrected chi connectivity index (χ1v) is 6.48. The van der Waals surface area contributed by atoms with E-state index < -0.39 is 5.76 Å². The molecule has 2 aromatic carbocycles. The minimum atomic E-state index is -0.446. The van der Waals surface area contributed by atoms with Crippen LogP contribution in [0.1, 0.15) is 21.5 Å². The molecule has 0 unspecified atom stereocenters. The van der Waals surface area contributed by atoms with E-state index in [1.54, 1.807) is 43.4 Å². The lowest BCUT2D eigenvalue weighted by molar-refractivity contribution is 0.103. The summed E-state index contributed by atoms with van der Waals surface area (Å²) in [7, 11) is 1.62. The Morgan fingerprint density at radius 1 is 1.19 bits per heavy atom. The molecular formula is C16H14N2O3. The molecule has 5 nitrogen and oxygen atoms in total. The van der Waals surface area contributed by atoms with Gasteiger partial charge in [0.15, 0.2) is 11.4 Å². The fourth-order valence-electron chi connectivity index (χ4n) is 2.37. The van der Waals surface area contributed by atoms with Gasteiger partial charge in [-0.05, 0) is 48.9 Å². The number of fused-ring (bicyclic) bond motifs is 1. The van der Waals surface area contributed by atoms with Gasteiger partial charge in [-0.2, -0.15) is 0 Å². The van der Waals surface area contributed by atoms with Gasteiger partial charge in [-0.25, -0.2) is 4.79 Å². The number of aromatic nitrogens is 1. The summed E-state index contributed by atoms with van der Waals surface area (Å²) in [6.07, 6.45) is 0. The van der Waals surface area contributed by atoms with Crippen molar-refractivity contribution in [3.8, 4) is 0 Å². The van der Waals surface area contributed by atoms with Gasteiger partial charge in [0.2, 0.25) is 0 Å². The summed E-state index contributed by atoms with van der Waals surface area (Å²) in [6.45, 7) is 1.84. The topological polar surface area (TPSA) is 78.2 Å². The highest BCUT2D eigenvalue weighted by Crippen LogP contribution is 2.20. The Kier molecular flexibility index (Phi) is 2.90. The number of hydrogen-bond donors (Lipinski definition) is 1. The molecule has 5 heteroatoms. The highest BCUT2D eigenvalue weighted by atomic mass is 16.4. The van der Waals surface area contributed by atoms with E-state index in [0.29, 0.717) is 27.9 Å². The maximum atomic E-state index is 12.5. The summed E-state index contributed by atoms with van der Waals surface area (Å²) < 4.78 is 6.51. The van der Waals surface area contributed by atoms with Crippen LogP contribution in [0.5, 0.6) is 0 Å². The third-order valence-corrected chi connectivity index (χ3v) is 3.55. The molecule has 0 amide bonds. The van der Waals surface area contributed by atoms with Crippen LogP contribution in [-0.2, 0) is 7.05 Å². The molecule has 0 radical (unpaired) electrons. The smallest absolute Gasteiger partial charge is 0.408 e. The number of nitrogens with two attached hydrogens (primary N) is 1. The first kappa shape index (κ1) is 13.2. The Hall–Kier alpha value is -2.82. The fourth-order valence-corrected chi connectivity index (χ4v) is 2.37. The van der Waals surface area contributed by atoms with Gasteiger partial charge in [-0.1, -0.05) is 0 Å². The third kappa shape index (κ3) is 2.12. The summed E-state index contributed by atoms with van der Waals surface area (Å²) in [4.78, 5) is 24.0. The number of anilines is 1. The monoisotopic (exact) mass is 282 g/mol. The average Bonchev–Trinajstić information content (AvgIpc) is 2.73. The molecule has 0 atom stereocenters. The zero-order valence-corrected chi connectivity index (χ0v) is 11.7. The molecule has 0 aliphatic rings. The number of nitrogen functional groups attached to an aromatic ring is 1. The summed E-state index contributed by atoms with van der Waals surface area (Å²) >= 11 is 0. The molecule has 0 saturated carbocycles. The first-order valence-electron chi connectivity index (χ1n) is 6.48. The van der Waals surface area contributed by atoms with Gasteiger partial charge >= 0.3 is 5.76 Å². The number of carbonyl (C=O) groups excluding carboxylic acids is 1. The molecule has 3 rings (SSSR count). The predicted molar refractivity (Wildman–Crippen MR) is 80.5 cm³/mol. The lowest BCUT2D eigenvalue weighted by Crippen LogP contribution is -2.08. The maximum absolute atomic E-state index is 12.5. The van der Waals surface area contributed by atoms with Crippen LogP contribution in [-0.4, -0.2) is 10.4 Å². The van der Waals surface area contributed by atoms with E-state index >= 15 is 0 Å². The van der Waals surface area contributed by atoms with E-state index in [9.17, 15) is 9.59 Å². The van der Waals surface area contributed by atoms with Crippen LogP contribution < -0.4 is 11.5 Å². The second-order valence-electron chi connectivity index (χ2n) is 5.01. The number of oxazole rings is 1. The summed E-state index contributed by atoms with van der Waals surface area (Å²) in [5.41, 5.74) is 9.25. The lowest BCUT2D eigenvalue weighted by atomic mass is 9.98. The van der Waals surface area contributed by atoms with Crippen molar-refractivity contribution in [2.75, 3.05) is 5.73 Å². The first-order chi connectivity index (χ1) is 9.97. The summed E-state index contributed by atoms with van der Waals surface area (Å²) in [5, 5.41) is 0. The quantitative estimate of drug-likeness (QED) is 0.577. The second-order valence-corrected chi connectivity index (χ2v) is 5.01. The van der Waals surface area contributed by atoms with Crippen molar-refractivity contribution in [1.82, 2.24) is 4.57 Å². The molecule has 2 N–H and O–H groups in total. The highest BCUT2D eigenvalue weighted by Gasteiger charge is 2.14. The van der Waals surface area contributed by atoms with Gasteiger partial charge in [0.05, 0.1) is 5.52 Å². The normalized spacial score (nSPS) is 11.0. The van der Waals surface area contributed by atoms with Crippen molar-refractivity contribution in [2.24, 2.45) is 7.05 Å². The number of carbonyl (C=O) groups is 1. The predicted octanol–water partition coefficient (Wildman–Crippen LogP) is 2.25.